The Morgan fingerprint density at radius 1 is 1.33 bits per heavy atom. The summed E-state index contributed by atoms with van der Waals surface area (Å²) in [7, 11) is 0. The van der Waals surface area contributed by atoms with Crippen molar-refractivity contribution in [2.75, 3.05) is 5.32 Å². The number of carbonyl (C=O) groups is 1. The Morgan fingerprint density at radius 3 is 2.67 bits per heavy atom. The van der Waals surface area contributed by atoms with Gasteiger partial charge in [0.15, 0.2) is 0 Å². The van der Waals surface area contributed by atoms with Gasteiger partial charge in [-0.1, -0.05) is 33.6 Å². The summed E-state index contributed by atoms with van der Waals surface area (Å²) in [5.41, 5.74) is 6.48. The van der Waals surface area contributed by atoms with Crippen molar-refractivity contribution in [1.82, 2.24) is 0 Å². The van der Waals surface area contributed by atoms with Crippen LogP contribution in [0.25, 0.3) is 0 Å². The average molecular weight is 372 g/mol. The lowest BCUT2D eigenvalue weighted by Gasteiger charge is -2.17. The molecule has 0 saturated heterocycles. The van der Waals surface area contributed by atoms with Gasteiger partial charge in [-0.05, 0) is 42.8 Å². The van der Waals surface area contributed by atoms with E-state index >= 15 is 0 Å². The third-order valence-corrected chi connectivity index (χ3v) is 3.86. The second-order valence-electron chi connectivity index (χ2n) is 4.59. The molecule has 0 radical (unpaired) electrons. The Hall–Kier alpha value is -1.59. The number of carbonyl (C=O) groups excluding carboxylic acids is 1. The monoisotopic (exact) mass is 370 g/mol. The molecule has 0 heterocycles. The number of halogens is 3. The highest BCUT2D eigenvalue weighted by atomic mass is 79.9. The highest BCUT2D eigenvalue weighted by Gasteiger charge is 2.13. The molecule has 3 nitrogen and oxygen atoms in total. The van der Waals surface area contributed by atoms with Crippen LogP contribution in [0.2, 0.25) is 5.02 Å². The second kappa shape index (κ2) is 6.45. The number of hydrogen-bond donors (Lipinski definition) is 2. The SMILES string of the molecule is CC(Nc1ccc(F)c(C(N)=O)c1)c1ccc(Br)cc1Cl. The van der Waals surface area contributed by atoms with Crippen LogP contribution in [0.5, 0.6) is 0 Å². The first kappa shape index (κ1) is 15.8. The number of amides is 1. The third-order valence-electron chi connectivity index (χ3n) is 3.04. The van der Waals surface area contributed by atoms with Crippen molar-refractivity contribution >= 4 is 39.1 Å². The summed E-state index contributed by atoms with van der Waals surface area (Å²) in [6.07, 6.45) is 0. The molecule has 0 spiro atoms. The topological polar surface area (TPSA) is 55.1 Å². The largest absolute Gasteiger partial charge is 0.378 e. The Labute approximate surface area is 135 Å². The van der Waals surface area contributed by atoms with E-state index in [1.807, 2.05) is 19.1 Å². The zero-order valence-corrected chi connectivity index (χ0v) is 13.5. The fraction of sp³-hybridized carbons (Fsp3) is 0.133. The molecule has 3 N–H and O–H groups in total. The molecule has 110 valence electrons. The van der Waals surface area contributed by atoms with E-state index < -0.39 is 11.7 Å². The van der Waals surface area contributed by atoms with Crippen LogP contribution < -0.4 is 11.1 Å². The Balaban J connectivity index is 2.25. The first-order chi connectivity index (χ1) is 9.88. The molecule has 0 saturated carbocycles. The van der Waals surface area contributed by atoms with E-state index in [0.29, 0.717) is 10.7 Å². The molecule has 1 amide bonds. The molecule has 21 heavy (non-hydrogen) atoms. The van der Waals surface area contributed by atoms with Crippen molar-refractivity contribution in [3.05, 3.63) is 62.8 Å². The number of benzene rings is 2. The Kier molecular flexibility index (Phi) is 4.85. The van der Waals surface area contributed by atoms with Crippen LogP contribution in [0.15, 0.2) is 40.9 Å². The number of nitrogens with two attached hydrogens (primary N) is 1. The molecule has 6 heteroatoms. The molecule has 2 aromatic carbocycles. The summed E-state index contributed by atoms with van der Waals surface area (Å²) in [5, 5.41) is 3.78. The van der Waals surface area contributed by atoms with Gasteiger partial charge in [0.25, 0.3) is 5.91 Å². The quantitative estimate of drug-likeness (QED) is 0.830. The maximum Gasteiger partial charge on any atom is 0.251 e. The molecule has 0 aromatic heterocycles. The zero-order chi connectivity index (χ0) is 15.6. The van der Waals surface area contributed by atoms with Crippen molar-refractivity contribution in [1.29, 1.82) is 0 Å². The van der Waals surface area contributed by atoms with Crippen LogP contribution in [0.1, 0.15) is 28.9 Å². The molecular weight excluding hydrogens is 359 g/mol. The predicted octanol–water partition coefficient (Wildman–Crippen LogP) is 4.51. The number of rotatable bonds is 4. The van der Waals surface area contributed by atoms with E-state index in [-0.39, 0.29) is 11.6 Å². The minimum absolute atomic E-state index is 0.114. The van der Waals surface area contributed by atoms with E-state index in [2.05, 4.69) is 21.2 Å². The molecule has 2 aromatic rings. The third kappa shape index (κ3) is 3.74. The van der Waals surface area contributed by atoms with Crippen LogP contribution >= 0.6 is 27.5 Å². The summed E-state index contributed by atoms with van der Waals surface area (Å²) in [5.74, 6) is -1.44. The first-order valence-electron chi connectivity index (χ1n) is 6.19. The van der Waals surface area contributed by atoms with Gasteiger partial charge in [0.05, 0.1) is 5.56 Å². The van der Waals surface area contributed by atoms with Gasteiger partial charge in [0.1, 0.15) is 5.82 Å². The normalized spacial score (nSPS) is 12.0. The smallest absolute Gasteiger partial charge is 0.251 e. The fourth-order valence-corrected chi connectivity index (χ4v) is 2.82. The van der Waals surface area contributed by atoms with Gasteiger partial charge in [-0.2, -0.15) is 0 Å². The van der Waals surface area contributed by atoms with E-state index in [0.717, 1.165) is 10.0 Å². The standard InChI is InChI=1S/C15H13BrClFN2O/c1-8(11-4-2-9(16)6-13(11)17)20-10-3-5-14(18)12(7-10)15(19)21/h2-8,20H,1H3,(H2,19,21). The molecule has 0 bridgehead atoms. The van der Waals surface area contributed by atoms with Crippen molar-refractivity contribution < 1.29 is 9.18 Å². The molecule has 2 rings (SSSR count). The summed E-state index contributed by atoms with van der Waals surface area (Å²) in [6.45, 7) is 1.92. The predicted molar refractivity (Wildman–Crippen MR) is 86.1 cm³/mol. The highest BCUT2D eigenvalue weighted by Crippen LogP contribution is 2.29. The molecule has 1 atom stereocenters. The van der Waals surface area contributed by atoms with Crippen molar-refractivity contribution in [2.24, 2.45) is 5.73 Å². The van der Waals surface area contributed by atoms with Gasteiger partial charge in [-0.3, -0.25) is 4.79 Å². The molecule has 0 aliphatic heterocycles. The number of anilines is 1. The summed E-state index contributed by atoms with van der Waals surface area (Å²) in [4.78, 5) is 11.1. The number of nitrogens with one attached hydrogen (secondary N) is 1. The number of hydrogen-bond acceptors (Lipinski definition) is 2. The van der Waals surface area contributed by atoms with Crippen LogP contribution in [-0.2, 0) is 0 Å². The average Bonchev–Trinajstić information content (AvgIpc) is 2.40. The lowest BCUT2D eigenvalue weighted by atomic mass is 10.1. The molecule has 1 unspecified atom stereocenters. The first-order valence-corrected chi connectivity index (χ1v) is 7.36. The van der Waals surface area contributed by atoms with Crippen molar-refractivity contribution in [2.45, 2.75) is 13.0 Å². The fourth-order valence-electron chi connectivity index (χ4n) is 1.98. The maximum atomic E-state index is 13.4. The van der Waals surface area contributed by atoms with Gasteiger partial charge < -0.3 is 11.1 Å². The van der Waals surface area contributed by atoms with Crippen LogP contribution in [0, 0.1) is 5.82 Å². The van der Waals surface area contributed by atoms with Gasteiger partial charge in [-0.15, -0.1) is 0 Å². The zero-order valence-electron chi connectivity index (χ0n) is 11.2. The van der Waals surface area contributed by atoms with E-state index in [1.165, 1.54) is 12.1 Å². The second-order valence-corrected chi connectivity index (χ2v) is 5.91. The summed E-state index contributed by atoms with van der Waals surface area (Å²) in [6, 6.07) is 9.61. The molecule has 0 aliphatic carbocycles. The van der Waals surface area contributed by atoms with Crippen molar-refractivity contribution in [3.8, 4) is 0 Å². The summed E-state index contributed by atoms with van der Waals surface area (Å²) < 4.78 is 14.3. The lowest BCUT2D eigenvalue weighted by Crippen LogP contribution is -2.14. The lowest BCUT2D eigenvalue weighted by molar-refractivity contribution is 0.0996. The van der Waals surface area contributed by atoms with E-state index in [4.69, 9.17) is 17.3 Å². The Bertz CT molecular complexity index is 693. The van der Waals surface area contributed by atoms with Crippen molar-refractivity contribution in [3.63, 3.8) is 0 Å². The number of primary amides is 1. The van der Waals surface area contributed by atoms with Gasteiger partial charge in [0, 0.05) is 21.2 Å². The highest BCUT2D eigenvalue weighted by molar-refractivity contribution is 9.10. The van der Waals surface area contributed by atoms with Crippen LogP contribution in [0.4, 0.5) is 10.1 Å². The molecular formula is C15H13BrClFN2O. The van der Waals surface area contributed by atoms with E-state index in [9.17, 15) is 9.18 Å². The van der Waals surface area contributed by atoms with Crippen LogP contribution in [-0.4, -0.2) is 5.91 Å². The maximum absolute atomic E-state index is 13.4. The Morgan fingerprint density at radius 2 is 2.05 bits per heavy atom. The summed E-state index contributed by atoms with van der Waals surface area (Å²) >= 11 is 9.54. The van der Waals surface area contributed by atoms with Gasteiger partial charge >= 0.3 is 0 Å². The minimum atomic E-state index is -0.800. The molecule has 0 aliphatic rings. The van der Waals surface area contributed by atoms with E-state index in [1.54, 1.807) is 12.1 Å². The van der Waals surface area contributed by atoms with Crippen LogP contribution in [0.3, 0.4) is 0 Å². The molecule has 0 fully saturated rings. The van der Waals surface area contributed by atoms with Gasteiger partial charge in [0.2, 0.25) is 0 Å². The van der Waals surface area contributed by atoms with Gasteiger partial charge in [-0.25, -0.2) is 4.39 Å². The minimum Gasteiger partial charge on any atom is -0.378 e.